The molecule has 9 heteroatoms. The summed E-state index contributed by atoms with van der Waals surface area (Å²) in [5, 5.41) is 4.74. The van der Waals surface area contributed by atoms with Crippen molar-refractivity contribution in [1.82, 2.24) is 19.9 Å². The van der Waals surface area contributed by atoms with Crippen LogP contribution in [0.3, 0.4) is 0 Å². The zero-order chi connectivity index (χ0) is 30.7. The summed E-state index contributed by atoms with van der Waals surface area (Å²) in [5.74, 6) is 1.27. The molecule has 0 atom stereocenters. The zero-order valence-electron chi connectivity index (χ0n) is 24.7. The molecule has 2 aromatic heterocycles. The van der Waals surface area contributed by atoms with E-state index in [9.17, 15) is 0 Å². The Labute approximate surface area is 262 Å². The number of nitrogens with zero attached hydrogens (tertiary/aromatic N) is 4. The second-order valence-electron chi connectivity index (χ2n) is 11.1. The molecule has 1 aliphatic rings. The molecule has 0 amide bonds. The minimum atomic E-state index is 0.0353. The van der Waals surface area contributed by atoms with Crippen molar-refractivity contribution in [3.8, 4) is 22.5 Å². The Morgan fingerprint density at radius 3 is 1.77 bits per heavy atom. The molecule has 7 nitrogen and oxygen atoms in total. The topological polar surface area (TPSA) is 116 Å². The van der Waals surface area contributed by atoms with Crippen molar-refractivity contribution in [2.24, 2.45) is 0 Å². The lowest BCUT2D eigenvalue weighted by atomic mass is 10.0. The van der Waals surface area contributed by atoms with Gasteiger partial charge in [-0.2, -0.15) is 4.98 Å². The van der Waals surface area contributed by atoms with Crippen LogP contribution in [0.4, 0.5) is 17.7 Å². The predicted octanol–water partition coefficient (Wildman–Crippen LogP) is 8.18. The van der Waals surface area contributed by atoms with Gasteiger partial charge in [-0.3, -0.25) is 0 Å². The lowest BCUT2D eigenvalue weighted by molar-refractivity contribution is 0.721. The Morgan fingerprint density at radius 2 is 1.23 bits per heavy atom. The fourth-order valence-electron chi connectivity index (χ4n) is 5.06. The van der Waals surface area contributed by atoms with Crippen molar-refractivity contribution in [2.45, 2.75) is 52.5 Å². The van der Waals surface area contributed by atoms with Gasteiger partial charge in [0.05, 0.1) is 11.4 Å². The lowest BCUT2D eigenvalue weighted by Crippen LogP contribution is -2.25. The van der Waals surface area contributed by atoms with Crippen molar-refractivity contribution in [3.05, 3.63) is 111 Å². The molecule has 1 aliphatic carbocycles. The average Bonchev–Trinajstić information content (AvgIpc) is 3.71. The highest BCUT2D eigenvalue weighted by Gasteiger charge is 2.43. The lowest BCUT2D eigenvalue weighted by Gasteiger charge is -2.19. The van der Waals surface area contributed by atoms with Crippen LogP contribution in [-0.4, -0.2) is 25.5 Å². The summed E-state index contributed by atoms with van der Waals surface area (Å²) < 4.78 is 0. The summed E-state index contributed by atoms with van der Waals surface area (Å²) in [6, 6.07) is 24.0. The minimum Gasteiger partial charge on any atom is -0.368 e. The van der Waals surface area contributed by atoms with E-state index in [0.29, 0.717) is 5.15 Å². The maximum Gasteiger partial charge on any atom is 0.222 e. The first kappa shape index (κ1) is 30.3. The summed E-state index contributed by atoms with van der Waals surface area (Å²) in [6.07, 6.45) is 3.16. The predicted molar refractivity (Wildman–Crippen MR) is 178 cm³/mol. The highest BCUT2D eigenvalue weighted by Crippen LogP contribution is 2.42. The van der Waals surface area contributed by atoms with E-state index in [1.807, 2.05) is 36.4 Å². The SMILES string of the molecule is Cc1cccc(-c2cc(Cl)nc(N)n2)c1C.Cc1cccc(-c2cc(NC3(Cc4ccc(Cl)cc4)CC3)nc(N)n2)c1C. The summed E-state index contributed by atoms with van der Waals surface area (Å²) >= 11 is 11.9. The number of hydrogen-bond donors (Lipinski definition) is 3. The quantitative estimate of drug-likeness (QED) is 0.166. The van der Waals surface area contributed by atoms with Gasteiger partial charge in [0.1, 0.15) is 11.0 Å². The largest absolute Gasteiger partial charge is 0.368 e. The highest BCUT2D eigenvalue weighted by molar-refractivity contribution is 6.30. The summed E-state index contributed by atoms with van der Waals surface area (Å²) in [4.78, 5) is 16.9. The molecule has 1 saturated carbocycles. The third kappa shape index (κ3) is 7.42. The number of hydrogen-bond acceptors (Lipinski definition) is 7. The van der Waals surface area contributed by atoms with E-state index in [0.717, 1.165) is 52.6 Å². The fraction of sp³-hybridized carbons (Fsp3) is 0.235. The van der Waals surface area contributed by atoms with Crippen molar-refractivity contribution >= 4 is 40.9 Å². The first-order chi connectivity index (χ1) is 20.5. The number of nitrogen functional groups attached to an aromatic ring is 2. The van der Waals surface area contributed by atoms with Gasteiger partial charge in [-0.05, 0) is 86.9 Å². The Kier molecular flexibility index (Phi) is 8.85. The second kappa shape index (κ2) is 12.6. The maximum absolute atomic E-state index is 6.02. The van der Waals surface area contributed by atoms with E-state index >= 15 is 0 Å². The molecule has 2 heterocycles. The summed E-state index contributed by atoms with van der Waals surface area (Å²) in [6.45, 7) is 8.33. The maximum atomic E-state index is 6.02. The van der Waals surface area contributed by atoms with Gasteiger partial charge in [0.25, 0.3) is 0 Å². The molecule has 0 spiro atoms. The van der Waals surface area contributed by atoms with Crippen LogP contribution < -0.4 is 16.8 Å². The van der Waals surface area contributed by atoms with Crippen molar-refractivity contribution in [1.29, 1.82) is 0 Å². The van der Waals surface area contributed by atoms with Gasteiger partial charge in [0.15, 0.2) is 0 Å². The van der Waals surface area contributed by atoms with Gasteiger partial charge >= 0.3 is 0 Å². The molecule has 6 rings (SSSR count). The smallest absolute Gasteiger partial charge is 0.222 e. The van der Waals surface area contributed by atoms with Gasteiger partial charge < -0.3 is 16.8 Å². The zero-order valence-corrected chi connectivity index (χ0v) is 26.3. The van der Waals surface area contributed by atoms with E-state index in [1.54, 1.807) is 6.07 Å². The minimum absolute atomic E-state index is 0.0353. The molecule has 1 fully saturated rings. The Morgan fingerprint density at radius 1 is 0.698 bits per heavy atom. The Balaban J connectivity index is 0.000000196. The number of rotatable bonds is 6. The van der Waals surface area contributed by atoms with Crippen LogP contribution in [0.5, 0.6) is 0 Å². The first-order valence-corrected chi connectivity index (χ1v) is 14.9. The summed E-state index contributed by atoms with van der Waals surface area (Å²) in [5.41, 5.74) is 21.5. The number of aromatic nitrogens is 4. The number of benzene rings is 3. The Bertz CT molecular complexity index is 1750. The molecule has 220 valence electrons. The van der Waals surface area contributed by atoms with E-state index in [1.165, 1.54) is 27.8 Å². The van der Waals surface area contributed by atoms with E-state index in [-0.39, 0.29) is 17.4 Å². The molecule has 0 radical (unpaired) electrons. The average molecular weight is 613 g/mol. The Hall–Kier alpha value is -4.20. The third-order valence-electron chi connectivity index (χ3n) is 7.92. The molecule has 0 unspecified atom stereocenters. The molecule has 43 heavy (non-hydrogen) atoms. The molecule has 0 saturated heterocycles. The van der Waals surface area contributed by atoms with Crippen LogP contribution in [0.15, 0.2) is 72.8 Å². The van der Waals surface area contributed by atoms with Gasteiger partial charge in [0.2, 0.25) is 11.9 Å². The monoisotopic (exact) mass is 611 g/mol. The molecule has 3 aromatic carbocycles. The van der Waals surface area contributed by atoms with Crippen molar-refractivity contribution in [2.75, 3.05) is 16.8 Å². The van der Waals surface area contributed by atoms with Gasteiger partial charge in [-0.1, -0.05) is 71.7 Å². The number of aryl methyl sites for hydroxylation is 2. The van der Waals surface area contributed by atoms with Crippen LogP contribution in [-0.2, 0) is 6.42 Å². The molecular weight excluding hydrogens is 577 g/mol. The molecule has 5 aromatic rings. The van der Waals surface area contributed by atoms with E-state index in [4.69, 9.17) is 34.7 Å². The normalized spacial score (nSPS) is 13.2. The standard InChI is InChI=1S/C22H23ClN4.C12H12ClN3/c1-14-4-3-5-18(15(14)2)19-12-20(26-21(24)25-19)27-22(10-11-22)13-16-6-8-17(23)9-7-16;1-7-4-3-5-9(8(7)2)10-6-11(13)16-12(14)15-10/h3-9,12H,10-11,13H2,1-2H3,(H3,24,25,26,27);3-6H,1-2H3,(H2,14,15,16). The van der Waals surface area contributed by atoms with Gasteiger partial charge in [-0.15, -0.1) is 0 Å². The summed E-state index contributed by atoms with van der Waals surface area (Å²) in [7, 11) is 0. The molecule has 0 aliphatic heterocycles. The second-order valence-corrected chi connectivity index (χ2v) is 12.0. The van der Waals surface area contributed by atoms with Crippen LogP contribution in [0.2, 0.25) is 10.2 Å². The number of anilines is 3. The van der Waals surface area contributed by atoms with Crippen LogP contribution >= 0.6 is 23.2 Å². The van der Waals surface area contributed by atoms with E-state index < -0.39 is 0 Å². The number of nitrogens with one attached hydrogen (secondary N) is 1. The molecule has 5 N–H and O–H groups in total. The van der Waals surface area contributed by atoms with Gasteiger partial charge in [0, 0.05) is 33.8 Å². The van der Waals surface area contributed by atoms with E-state index in [2.05, 4.69) is 83.3 Å². The van der Waals surface area contributed by atoms with Crippen molar-refractivity contribution < 1.29 is 0 Å². The first-order valence-electron chi connectivity index (χ1n) is 14.1. The number of halogens is 2. The fourth-order valence-corrected chi connectivity index (χ4v) is 5.38. The highest BCUT2D eigenvalue weighted by atomic mass is 35.5. The van der Waals surface area contributed by atoms with Crippen LogP contribution in [0, 0.1) is 27.7 Å². The third-order valence-corrected chi connectivity index (χ3v) is 8.36. The van der Waals surface area contributed by atoms with Crippen LogP contribution in [0.25, 0.3) is 22.5 Å². The van der Waals surface area contributed by atoms with Crippen molar-refractivity contribution in [3.63, 3.8) is 0 Å². The van der Waals surface area contributed by atoms with Crippen LogP contribution in [0.1, 0.15) is 40.7 Å². The van der Waals surface area contributed by atoms with Gasteiger partial charge in [-0.25, -0.2) is 15.0 Å². The molecular formula is C34H35Cl2N7. The number of nitrogens with two attached hydrogens (primary N) is 2. The molecule has 0 bridgehead atoms.